The molecule has 1 aromatic rings. The molecule has 1 aromatic carbocycles. The van der Waals surface area contributed by atoms with Gasteiger partial charge in [-0.2, -0.15) is 0 Å². The van der Waals surface area contributed by atoms with E-state index < -0.39 is 23.4 Å². The van der Waals surface area contributed by atoms with Crippen LogP contribution in [0.5, 0.6) is 5.75 Å². The average molecular weight is 281 g/mol. The molecule has 0 heterocycles. The Morgan fingerprint density at radius 3 is 2.25 bits per heavy atom. The minimum absolute atomic E-state index is 0.0399. The maximum Gasteiger partial charge on any atom is 0.338 e. The molecule has 0 aliphatic heterocycles. The van der Waals surface area contributed by atoms with Crippen molar-refractivity contribution in [1.82, 2.24) is 0 Å². The van der Waals surface area contributed by atoms with Crippen molar-refractivity contribution in [2.45, 2.75) is 26.0 Å². The fourth-order valence-corrected chi connectivity index (χ4v) is 1.56. The molecular weight excluding hydrogens is 262 g/mol. The van der Waals surface area contributed by atoms with Gasteiger partial charge in [0.2, 0.25) is 5.54 Å². The second-order valence-electron chi connectivity index (χ2n) is 4.75. The van der Waals surface area contributed by atoms with Crippen LogP contribution in [0.4, 0.5) is 0 Å². The summed E-state index contributed by atoms with van der Waals surface area (Å²) < 4.78 is 10.0. The first kappa shape index (κ1) is 16.0. The predicted molar refractivity (Wildman–Crippen MR) is 72.2 cm³/mol. The van der Waals surface area contributed by atoms with Crippen molar-refractivity contribution in [3.05, 3.63) is 29.8 Å². The first-order chi connectivity index (χ1) is 9.32. The highest BCUT2D eigenvalue weighted by Crippen LogP contribution is 2.18. The molecule has 0 aromatic heterocycles. The van der Waals surface area contributed by atoms with Gasteiger partial charge in [-0.3, -0.25) is 0 Å². The first-order valence-corrected chi connectivity index (χ1v) is 6.14. The van der Waals surface area contributed by atoms with E-state index in [9.17, 15) is 9.59 Å². The minimum Gasteiger partial charge on any atom is -0.497 e. The number of carbonyl (C=O) groups is 2. The summed E-state index contributed by atoms with van der Waals surface area (Å²) in [4.78, 5) is 23.0. The number of ether oxygens (including phenoxy) is 2. The molecule has 110 valence electrons. The summed E-state index contributed by atoms with van der Waals surface area (Å²) in [5.41, 5.74) is 4.33. The van der Waals surface area contributed by atoms with Crippen molar-refractivity contribution in [2.24, 2.45) is 11.7 Å². The molecule has 0 radical (unpaired) electrons. The number of rotatable bonds is 6. The molecule has 0 aliphatic carbocycles. The summed E-state index contributed by atoms with van der Waals surface area (Å²) in [7, 11) is 1.55. The molecule has 0 spiro atoms. The van der Waals surface area contributed by atoms with Crippen molar-refractivity contribution in [3.63, 3.8) is 0 Å². The number of carboxylic acids is 1. The van der Waals surface area contributed by atoms with Gasteiger partial charge in [-0.1, -0.05) is 26.0 Å². The Labute approximate surface area is 117 Å². The van der Waals surface area contributed by atoms with Crippen molar-refractivity contribution in [3.8, 4) is 5.75 Å². The van der Waals surface area contributed by atoms with E-state index in [1.165, 1.54) is 0 Å². The summed E-state index contributed by atoms with van der Waals surface area (Å²) in [5, 5.41) is 9.10. The lowest BCUT2D eigenvalue weighted by Gasteiger charge is -2.26. The Bertz CT molecular complexity index is 483. The van der Waals surface area contributed by atoms with Gasteiger partial charge >= 0.3 is 11.9 Å². The van der Waals surface area contributed by atoms with E-state index in [0.717, 1.165) is 5.56 Å². The molecule has 1 rings (SSSR count). The van der Waals surface area contributed by atoms with Crippen LogP contribution in [-0.4, -0.2) is 29.7 Å². The van der Waals surface area contributed by atoms with Crippen LogP contribution in [0.15, 0.2) is 24.3 Å². The lowest BCUT2D eigenvalue weighted by Crippen LogP contribution is -2.59. The average Bonchev–Trinajstić information content (AvgIpc) is 2.43. The number of nitrogens with two attached hydrogens (primary N) is 1. The van der Waals surface area contributed by atoms with Crippen molar-refractivity contribution < 1.29 is 24.2 Å². The molecule has 0 aliphatic rings. The van der Waals surface area contributed by atoms with Gasteiger partial charge in [-0.05, 0) is 23.6 Å². The zero-order chi connectivity index (χ0) is 15.3. The van der Waals surface area contributed by atoms with Crippen LogP contribution >= 0.6 is 0 Å². The number of esters is 1. The van der Waals surface area contributed by atoms with Crippen LogP contribution in [0.2, 0.25) is 0 Å². The molecule has 0 saturated carbocycles. The topological polar surface area (TPSA) is 98.9 Å². The minimum atomic E-state index is -2.04. The Morgan fingerprint density at radius 1 is 1.30 bits per heavy atom. The third kappa shape index (κ3) is 3.27. The van der Waals surface area contributed by atoms with Crippen LogP contribution in [0, 0.1) is 5.92 Å². The molecule has 0 fully saturated rings. The SMILES string of the molecule is COc1ccc(COC(=O)[C@@](N)(C(=O)O)C(C)C)cc1. The van der Waals surface area contributed by atoms with Gasteiger partial charge in [-0.25, -0.2) is 9.59 Å². The highest BCUT2D eigenvalue weighted by molar-refractivity contribution is 6.04. The predicted octanol–water partition coefficient (Wildman–Crippen LogP) is 1.18. The van der Waals surface area contributed by atoms with E-state index in [4.69, 9.17) is 20.3 Å². The van der Waals surface area contributed by atoms with Crippen LogP contribution in [0.25, 0.3) is 0 Å². The summed E-state index contributed by atoms with van der Waals surface area (Å²) in [6.45, 7) is 3.08. The van der Waals surface area contributed by atoms with Crippen LogP contribution in [0.1, 0.15) is 19.4 Å². The number of hydrogen-bond donors (Lipinski definition) is 2. The lowest BCUT2D eigenvalue weighted by molar-refractivity contribution is -0.164. The first-order valence-electron chi connectivity index (χ1n) is 6.14. The Hall–Kier alpha value is -2.08. The number of hydrogen-bond acceptors (Lipinski definition) is 5. The van der Waals surface area contributed by atoms with Crippen LogP contribution in [-0.2, 0) is 20.9 Å². The zero-order valence-corrected chi connectivity index (χ0v) is 11.8. The highest BCUT2D eigenvalue weighted by atomic mass is 16.5. The summed E-state index contributed by atoms with van der Waals surface area (Å²) in [6, 6.07) is 6.89. The number of methoxy groups -OCH3 is 1. The van der Waals surface area contributed by atoms with Crippen molar-refractivity contribution in [1.29, 1.82) is 0 Å². The second kappa shape index (κ2) is 6.38. The molecule has 20 heavy (non-hydrogen) atoms. The smallest absolute Gasteiger partial charge is 0.338 e. The number of benzene rings is 1. The molecule has 3 N–H and O–H groups in total. The van der Waals surface area contributed by atoms with Crippen LogP contribution < -0.4 is 10.5 Å². The lowest BCUT2D eigenvalue weighted by atomic mass is 9.87. The Balaban J connectivity index is 2.72. The third-order valence-corrected chi connectivity index (χ3v) is 3.13. The summed E-state index contributed by atoms with van der Waals surface area (Å²) in [5.74, 6) is -2.24. The van der Waals surface area contributed by atoms with Gasteiger partial charge in [0.1, 0.15) is 12.4 Å². The molecule has 0 bridgehead atoms. The fourth-order valence-electron chi connectivity index (χ4n) is 1.56. The Kier molecular flexibility index (Phi) is 5.10. The van der Waals surface area contributed by atoms with E-state index in [1.807, 2.05) is 0 Å². The molecule has 0 amide bonds. The van der Waals surface area contributed by atoms with Crippen molar-refractivity contribution in [2.75, 3.05) is 7.11 Å². The molecule has 6 heteroatoms. The van der Waals surface area contributed by atoms with E-state index in [-0.39, 0.29) is 6.61 Å². The maximum atomic E-state index is 11.9. The molecule has 6 nitrogen and oxygen atoms in total. The molecular formula is C14H19NO5. The number of carbonyl (C=O) groups excluding carboxylic acids is 1. The van der Waals surface area contributed by atoms with E-state index in [0.29, 0.717) is 5.75 Å². The molecule has 1 atom stereocenters. The summed E-state index contributed by atoms with van der Waals surface area (Å²) >= 11 is 0. The largest absolute Gasteiger partial charge is 0.497 e. The van der Waals surface area contributed by atoms with E-state index in [1.54, 1.807) is 45.2 Å². The molecule has 0 saturated heterocycles. The molecule has 0 unspecified atom stereocenters. The van der Waals surface area contributed by atoms with E-state index >= 15 is 0 Å². The quantitative estimate of drug-likeness (QED) is 0.600. The van der Waals surface area contributed by atoms with Crippen molar-refractivity contribution >= 4 is 11.9 Å². The number of aliphatic carboxylic acids is 1. The summed E-state index contributed by atoms with van der Waals surface area (Å²) in [6.07, 6.45) is 0. The Morgan fingerprint density at radius 2 is 1.85 bits per heavy atom. The normalized spacial score (nSPS) is 13.7. The van der Waals surface area contributed by atoms with Gasteiger partial charge in [-0.15, -0.1) is 0 Å². The van der Waals surface area contributed by atoms with E-state index in [2.05, 4.69) is 0 Å². The number of carboxylic acid groups (broad SMARTS) is 1. The van der Waals surface area contributed by atoms with Gasteiger partial charge in [0, 0.05) is 0 Å². The monoisotopic (exact) mass is 281 g/mol. The maximum absolute atomic E-state index is 11.9. The standard InChI is InChI=1S/C14H19NO5/c1-9(2)14(15,12(16)17)13(18)20-8-10-4-6-11(19-3)7-5-10/h4-7,9H,8,15H2,1-3H3,(H,16,17)/t14-/m0/s1. The zero-order valence-electron chi connectivity index (χ0n) is 11.8. The van der Waals surface area contributed by atoms with Crippen LogP contribution in [0.3, 0.4) is 0 Å². The van der Waals surface area contributed by atoms with Gasteiger partial charge in [0.05, 0.1) is 7.11 Å². The van der Waals surface area contributed by atoms with Gasteiger partial charge < -0.3 is 20.3 Å². The third-order valence-electron chi connectivity index (χ3n) is 3.13. The van der Waals surface area contributed by atoms with Gasteiger partial charge in [0.15, 0.2) is 0 Å². The highest BCUT2D eigenvalue weighted by Gasteiger charge is 2.47. The second-order valence-corrected chi connectivity index (χ2v) is 4.75. The van der Waals surface area contributed by atoms with Gasteiger partial charge in [0.25, 0.3) is 0 Å². The fraction of sp³-hybridized carbons (Fsp3) is 0.429.